The van der Waals surface area contributed by atoms with Gasteiger partial charge in [-0.3, -0.25) is 5.43 Å². The van der Waals surface area contributed by atoms with Crippen LogP contribution in [0.1, 0.15) is 0 Å². The Morgan fingerprint density at radius 2 is 1.40 bits per heavy atom. The van der Waals surface area contributed by atoms with Crippen LogP contribution in [0.2, 0.25) is 0 Å². The molecule has 5 heteroatoms. The number of hydrogen-bond acceptors (Lipinski definition) is 4. The molecule has 148 valence electrons. The van der Waals surface area contributed by atoms with Crippen LogP contribution in [-0.2, 0) is 0 Å². The second-order valence-electron chi connectivity index (χ2n) is 6.99. The second kappa shape index (κ2) is 7.44. The molecule has 0 saturated carbocycles. The number of anilines is 1. The first kappa shape index (κ1) is 18.1. The lowest BCUT2D eigenvalue weighted by molar-refractivity contribution is 0.415. The summed E-state index contributed by atoms with van der Waals surface area (Å²) in [5.74, 6) is 2.47. The minimum absolute atomic E-state index is 0.815. The Balaban J connectivity index is 1.71. The quantitative estimate of drug-likeness (QED) is 0.412. The highest BCUT2D eigenvalue weighted by atomic mass is 16.5. The molecule has 0 saturated heterocycles. The van der Waals surface area contributed by atoms with Crippen LogP contribution in [-0.4, -0.2) is 23.9 Å². The number of imidazole rings is 1. The highest BCUT2D eigenvalue weighted by Gasteiger charge is 2.15. The standard InChI is InChI=1S/C25H21N3O2/c1-29-20-12-7-18(8-13-20)25-26-24-22-6-4-3-5-17(22)9-16-23(24)28(25)27-19-10-14-21(30-2)15-11-19/h3-16,27H,1-2H3. The van der Waals surface area contributed by atoms with Gasteiger partial charge in [0.25, 0.3) is 0 Å². The van der Waals surface area contributed by atoms with Gasteiger partial charge >= 0.3 is 0 Å². The number of aromatic nitrogens is 2. The molecule has 0 bridgehead atoms. The molecule has 0 radical (unpaired) electrons. The fourth-order valence-electron chi connectivity index (χ4n) is 3.65. The molecule has 4 aromatic carbocycles. The van der Waals surface area contributed by atoms with E-state index in [1.165, 1.54) is 5.39 Å². The zero-order valence-corrected chi connectivity index (χ0v) is 16.8. The number of nitrogens with zero attached hydrogens (tertiary/aromatic N) is 2. The topological polar surface area (TPSA) is 48.3 Å². The average Bonchev–Trinajstić information content (AvgIpc) is 3.18. The van der Waals surface area contributed by atoms with Gasteiger partial charge in [0, 0.05) is 10.9 Å². The van der Waals surface area contributed by atoms with Crippen molar-refractivity contribution in [1.82, 2.24) is 9.66 Å². The van der Waals surface area contributed by atoms with Crippen LogP contribution in [0, 0.1) is 0 Å². The number of rotatable bonds is 5. The summed E-state index contributed by atoms with van der Waals surface area (Å²) in [4.78, 5) is 5.03. The number of benzene rings is 4. The molecule has 0 atom stereocenters. The predicted octanol–water partition coefficient (Wildman–Crippen LogP) is 5.75. The van der Waals surface area contributed by atoms with Crippen LogP contribution < -0.4 is 14.9 Å². The molecule has 1 heterocycles. The molecular formula is C25H21N3O2. The van der Waals surface area contributed by atoms with Crippen molar-refractivity contribution in [2.24, 2.45) is 0 Å². The Kier molecular flexibility index (Phi) is 4.48. The molecule has 0 aliphatic rings. The molecule has 0 unspecified atom stereocenters. The van der Waals surface area contributed by atoms with Gasteiger partial charge in [0.2, 0.25) is 0 Å². The molecule has 0 spiro atoms. The van der Waals surface area contributed by atoms with E-state index in [-0.39, 0.29) is 0 Å². The highest BCUT2D eigenvalue weighted by molar-refractivity contribution is 6.05. The molecule has 30 heavy (non-hydrogen) atoms. The van der Waals surface area contributed by atoms with E-state index in [0.29, 0.717) is 0 Å². The van der Waals surface area contributed by atoms with E-state index >= 15 is 0 Å². The van der Waals surface area contributed by atoms with Crippen molar-refractivity contribution >= 4 is 27.5 Å². The van der Waals surface area contributed by atoms with Crippen LogP contribution in [0.3, 0.4) is 0 Å². The molecule has 1 N–H and O–H groups in total. The molecule has 5 nitrogen and oxygen atoms in total. The number of methoxy groups -OCH3 is 2. The van der Waals surface area contributed by atoms with E-state index in [4.69, 9.17) is 14.5 Å². The third-order valence-corrected chi connectivity index (χ3v) is 5.23. The van der Waals surface area contributed by atoms with Gasteiger partial charge in [-0.2, -0.15) is 0 Å². The lowest BCUT2D eigenvalue weighted by Crippen LogP contribution is -2.10. The van der Waals surface area contributed by atoms with Crippen molar-refractivity contribution in [1.29, 1.82) is 0 Å². The molecule has 0 amide bonds. The monoisotopic (exact) mass is 395 g/mol. The molecule has 1 aromatic heterocycles. The second-order valence-corrected chi connectivity index (χ2v) is 6.99. The van der Waals surface area contributed by atoms with Gasteiger partial charge in [-0.15, -0.1) is 0 Å². The van der Waals surface area contributed by atoms with Gasteiger partial charge in [-0.1, -0.05) is 30.3 Å². The van der Waals surface area contributed by atoms with Gasteiger partial charge in [0.1, 0.15) is 11.5 Å². The first-order chi connectivity index (χ1) is 14.8. The zero-order chi connectivity index (χ0) is 20.5. The Labute approximate surface area is 174 Å². The lowest BCUT2D eigenvalue weighted by Gasteiger charge is -2.13. The molecule has 0 fully saturated rings. The maximum absolute atomic E-state index is 5.31. The fourth-order valence-corrected chi connectivity index (χ4v) is 3.65. The van der Waals surface area contributed by atoms with E-state index in [1.54, 1.807) is 14.2 Å². The summed E-state index contributed by atoms with van der Waals surface area (Å²) < 4.78 is 12.6. The SMILES string of the molecule is COc1ccc(Nn2c(-c3ccc(OC)cc3)nc3c4ccccc4ccc32)cc1. The van der Waals surface area contributed by atoms with E-state index in [2.05, 4.69) is 29.7 Å². The van der Waals surface area contributed by atoms with Crippen molar-refractivity contribution in [2.45, 2.75) is 0 Å². The molecule has 5 rings (SSSR count). The van der Waals surface area contributed by atoms with Gasteiger partial charge < -0.3 is 9.47 Å². The van der Waals surface area contributed by atoms with E-state index in [1.807, 2.05) is 65.3 Å². The number of nitrogens with one attached hydrogen (secondary N) is 1. The smallest absolute Gasteiger partial charge is 0.159 e. The number of ether oxygens (including phenoxy) is 2. The summed E-state index contributed by atoms with van der Waals surface area (Å²) in [6.07, 6.45) is 0. The van der Waals surface area contributed by atoms with Gasteiger partial charge in [-0.25, -0.2) is 9.66 Å². The molecule has 0 aliphatic heterocycles. The maximum atomic E-state index is 5.31. The number of fused-ring (bicyclic) bond motifs is 3. The summed E-state index contributed by atoms with van der Waals surface area (Å²) >= 11 is 0. The van der Waals surface area contributed by atoms with Crippen molar-refractivity contribution in [3.05, 3.63) is 84.9 Å². The number of hydrogen-bond donors (Lipinski definition) is 1. The predicted molar refractivity (Wildman–Crippen MR) is 121 cm³/mol. The zero-order valence-electron chi connectivity index (χ0n) is 16.8. The van der Waals surface area contributed by atoms with Crippen LogP contribution in [0.15, 0.2) is 84.9 Å². The van der Waals surface area contributed by atoms with Crippen molar-refractivity contribution in [2.75, 3.05) is 19.6 Å². The van der Waals surface area contributed by atoms with Crippen molar-refractivity contribution in [3.8, 4) is 22.9 Å². The van der Waals surface area contributed by atoms with E-state index in [0.717, 1.165) is 45.0 Å². The van der Waals surface area contributed by atoms with Crippen LogP contribution >= 0.6 is 0 Å². The minimum atomic E-state index is 0.815. The summed E-state index contributed by atoms with van der Waals surface area (Å²) in [5.41, 5.74) is 7.41. The summed E-state index contributed by atoms with van der Waals surface area (Å²) in [5, 5.41) is 2.29. The van der Waals surface area contributed by atoms with Crippen molar-refractivity contribution < 1.29 is 9.47 Å². The Hall–Kier alpha value is -3.99. The fraction of sp³-hybridized carbons (Fsp3) is 0.0800. The van der Waals surface area contributed by atoms with Crippen LogP contribution in [0.4, 0.5) is 5.69 Å². The first-order valence-corrected chi connectivity index (χ1v) is 9.72. The van der Waals surface area contributed by atoms with E-state index in [9.17, 15) is 0 Å². The van der Waals surface area contributed by atoms with E-state index < -0.39 is 0 Å². The third kappa shape index (κ3) is 3.10. The summed E-state index contributed by atoms with van der Waals surface area (Å²) in [6.45, 7) is 0. The molecular weight excluding hydrogens is 374 g/mol. The Morgan fingerprint density at radius 1 is 0.733 bits per heavy atom. The first-order valence-electron chi connectivity index (χ1n) is 9.72. The van der Waals surface area contributed by atoms with Gasteiger partial charge in [-0.05, 0) is 60.0 Å². The normalized spacial score (nSPS) is 11.0. The maximum Gasteiger partial charge on any atom is 0.159 e. The van der Waals surface area contributed by atoms with Gasteiger partial charge in [0.15, 0.2) is 5.82 Å². The third-order valence-electron chi connectivity index (χ3n) is 5.23. The summed E-state index contributed by atoms with van der Waals surface area (Å²) in [6, 6.07) is 28.3. The Bertz CT molecular complexity index is 1320. The molecule has 0 aliphatic carbocycles. The Morgan fingerprint density at radius 3 is 2.10 bits per heavy atom. The summed E-state index contributed by atoms with van der Waals surface area (Å²) in [7, 11) is 3.33. The van der Waals surface area contributed by atoms with Crippen LogP contribution in [0.25, 0.3) is 33.2 Å². The minimum Gasteiger partial charge on any atom is -0.497 e. The lowest BCUT2D eigenvalue weighted by atomic mass is 10.1. The molecule has 5 aromatic rings. The van der Waals surface area contributed by atoms with Crippen LogP contribution in [0.5, 0.6) is 11.5 Å². The van der Waals surface area contributed by atoms with Gasteiger partial charge in [0.05, 0.1) is 30.9 Å². The highest BCUT2D eigenvalue weighted by Crippen LogP contribution is 2.31. The largest absolute Gasteiger partial charge is 0.497 e. The average molecular weight is 395 g/mol. The van der Waals surface area contributed by atoms with Crippen molar-refractivity contribution in [3.63, 3.8) is 0 Å².